The van der Waals surface area contributed by atoms with Crippen molar-refractivity contribution >= 4 is 8.56 Å². The Morgan fingerprint density at radius 2 is 1.45 bits per heavy atom. The summed E-state index contributed by atoms with van der Waals surface area (Å²) in [5.74, 6) is 0. The molecule has 0 aromatic rings. The molecule has 0 bridgehead atoms. The molecule has 0 amide bonds. The van der Waals surface area contributed by atoms with Crippen LogP contribution in [0.4, 0.5) is 0 Å². The lowest BCUT2D eigenvalue weighted by Gasteiger charge is -2.25. The van der Waals surface area contributed by atoms with E-state index in [1.165, 1.54) is 0 Å². The Hall–Kier alpha value is -0.0231. The summed E-state index contributed by atoms with van der Waals surface area (Å²) in [5, 5.41) is 0. The normalized spacial score (nSPS) is 25.9. The Labute approximate surface area is 134 Å². The predicted molar refractivity (Wildman–Crippen MR) is 84.4 cm³/mol. The molecule has 0 spiro atoms. The summed E-state index contributed by atoms with van der Waals surface area (Å²) < 4.78 is 32.9. The van der Waals surface area contributed by atoms with Gasteiger partial charge in [0.15, 0.2) is 0 Å². The fraction of sp³-hybridized carbons (Fsp3) is 1.00. The van der Waals surface area contributed by atoms with Crippen LogP contribution in [-0.2, 0) is 27.8 Å². The summed E-state index contributed by atoms with van der Waals surface area (Å²) in [6.45, 7) is 7.57. The molecule has 6 nitrogen and oxygen atoms in total. The van der Waals surface area contributed by atoms with E-state index in [4.69, 9.17) is 27.8 Å². The van der Waals surface area contributed by atoms with Gasteiger partial charge in [-0.1, -0.05) is 0 Å². The van der Waals surface area contributed by atoms with E-state index in [-0.39, 0.29) is 0 Å². The molecule has 2 heterocycles. The van der Waals surface area contributed by atoms with Gasteiger partial charge in [-0.05, 0) is 31.9 Å². The third-order valence-electron chi connectivity index (χ3n) is 3.85. The van der Waals surface area contributed by atoms with E-state index in [2.05, 4.69) is 6.55 Å². The molecule has 22 heavy (non-hydrogen) atoms. The highest BCUT2D eigenvalue weighted by Crippen LogP contribution is 2.16. The molecule has 0 aromatic heterocycles. The molecule has 0 aromatic carbocycles. The SMILES string of the molecule is CO[Si](C)(CCCOCC1CO1)OCCCCOCC1CO1. The molecule has 130 valence electrons. The Balaban J connectivity index is 1.40. The average molecular weight is 334 g/mol. The van der Waals surface area contributed by atoms with Gasteiger partial charge in [0.2, 0.25) is 0 Å². The highest BCUT2D eigenvalue weighted by Gasteiger charge is 2.29. The third-order valence-corrected chi connectivity index (χ3v) is 6.79. The molecular weight excluding hydrogens is 304 g/mol. The van der Waals surface area contributed by atoms with Gasteiger partial charge in [-0.15, -0.1) is 0 Å². The minimum atomic E-state index is -2.03. The lowest BCUT2D eigenvalue weighted by molar-refractivity contribution is 0.106. The number of rotatable bonds is 15. The molecule has 2 fully saturated rings. The second-order valence-corrected chi connectivity index (χ2v) is 9.52. The standard InChI is InChI=1S/C15H30O6Si/c1-16-22(2,9-5-7-18-11-15-13-20-15)21-8-4-3-6-17-10-14-12-19-14/h14-15H,3-13H2,1-2H3. The summed E-state index contributed by atoms with van der Waals surface area (Å²) in [6.07, 6.45) is 3.71. The zero-order valence-electron chi connectivity index (χ0n) is 13.9. The summed E-state index contributed by atoms with van der Waals surface area (Å²) in [5.41, 5.74) is 0. The number of hydrogen-bond acceptors (Lipinski definition) is 6. The molecule has 3 unspecified atom stereocenters. The summed E-state index contributed by atoms with van der Waals surface area (Å²) in [6, 6.07) is 0.963. The Kier molecular flexibility index (Phi) is 8.30. The van der Waals surface area contributed by atoms with Gasteiger partial charge in [0.1, 0.15) is 12.2 Å². The van der Waals surface area contributed by atoms with Crippen LogP contribution in [0.2, 0.25) is 12.6 Å². The van der Waals surface area contributed by atoms with E-state index in [9.17, 15) is 0 Å². The molecule has 0 radical (unpaired) electrons. The lowest BCUT2D eigenvalue weighted by atomic mass is 10.3. The van der Waals surface area contributed by atoms with Crippen molar-refractivity contribution in [1.82, 2.24) is 0 Å². The van der Waals surface area contributed by atoms with E-state index in [0.717, 1.165) is 71.6 Å². The monoisotopic (exact) mass is 334 g/mol. The van der Waals surface area contributed by atoms with Gasteiger partial charge in [0.05, 0.1) is 26.4 Å². The van der Waals surface area contributed by atoms with E-state index in [0.29, 0.717) is 12.2 Å². The Bertz CT molecular complexity index is 298. The molecule has 0 N–H and O–H groups in total. The van der Waals surface area contributed by atoms with Crippen molar-refractivity contribution in [2.45, 2.75) is 44.1 Å². The van der Waals surface area contributed by atoms with Crippen molar-refractivity contribution in [2.75, 3.05) is 53.4 Å². The van der Waals surface area contributed by atoms with Crippen molar-refractivity contribution in [1.29, 1.82) is 0 Å². The van der Waals surface area contributed by atoms with Crippen LogP contribution in [0.1, 0.15) is 19.3 Å². The van der Waals surface area contributed by atoms with E-state index >= 15 is 0 Å². The first-order valence-corrected chi connectivity index (χ1v) is 10.8. The van der Waals surface area contributed by atoms with Crippen LogP contribution < -0.4 is 0 Å². The Morgan fingerprint density at radius 1 is 0.909 bits per heavy atom. The van der Waals surface area contributed by atoms with Crippen molar-refractivity contribution < 1.29 is 27.8 Å². The summed E-state index contributed by atoms with van der Waals surface area (Å²) in [4.78, 5) is 0. The second kappa shape index (κ2) is 9.97. The van der Waals surface area contributed by atoms with Crippen molar-refractivity contribution in [2.24, 2.45) is 0 Å². The van der Waals surface area contributed by atoms with Crippen LogP contribution in [0.5, 0.6) is 0 Å². The zero-order chi connectivity index (χ0) is 15.7. The van der Waals surface area contributed by atoms with Crippen LogP contribution in [0.25, 0.3) is 0 Å². The van der Waals surface area contributed by atoms with Crippen molar-refractivity contribution in [3.63, 3.8) is 0 Å². The minimum Gasteiger partial charge on any atom is -0.398 e. The molecular formula is C15H30O6Si. The molecule has 0 saturated carbocycles. The molecule has 2 aliphatic rings. The maximum Gasteiger partial charge on any atom is 0.334 e. The van der Waals surface area contributed by atoms with Crippen LogP contribution in [0.3, 0.4) is 0 Å². The number of ether oxygens (including phenoxy) is 4. The zero-order valence-corrected chi connectivity index (χ0v) is 14.9. The molecule has 2 rings (SSSR count). The van der Waals surface area contributed by atoms with E-state index < -0.39 is 8.56 Å². The van der Waals surface area contributed by atoms with Gasteiger partial charge in [-0.3, -0.25) is 0 Å². The fourth-order valence-corrected chi connectivity index (χ4v) is 3.91. The highest BCUT2D eigenvalue weighted by molar-refractivity contribution is 6.65. The third kappa shape index (κ3) is 8.57. The topological polar surface area (TPSA) is 62.0 Å². The fourth-order valence-electron chi connectivity index (χ4n) is 2.08. The maximum absolute atomic E-state index is 6.01. The smallest absolute Gasteiger partial charge is 0.334 e. The van der Waals surface area contributed by atoms with Crippen molar-refractivity contribution in [3.05, 3.63) is 0 Å². The van der Waals surface area contributed by atoms with Gasteiger partial charge in [-0.25, -0.2) is 0 Å². The van der Waals surface area contributed by atoms with Crippen molar-refractivity contribution in [3.8, 4) is 0 Å². The maximum atomic E-state index is 6.01. The van der Waals surface area contributed by atoms with Crippen LogP contribution in [0, 0.1) is 0 Å². The van der Waals surface area contributed by atoms with Gasteiger partial charge >= 0.3 is 8.56 Å². The molecule has 2 aliphatic heterocycles. The number of epoxide rings is 2. The van der Waals surface area contributed by atoms with Crippen LogP contribution in [0.15, 0.2) is 0 Å². The predicted octanol–water partition coefficient (Wildman–Crippen LogP) is 1.72. The molecule has 3 atom stereocenters. The van der Waals surface area contributed by atoms with E-state index in [1.807, 2.05) is 0 Å². The Morgan fingerprint density at radius 3 is 2.00 bits per heavy atom. The van der Waals surface area contributed by atoms with Gasteiger partial charge in [0.25, 0.3) is 0 Å². The number of hydrogen-bond donors (Lipinski definition) is 0. The second-order valence-electron chi connectivity index (χ2n) is 6.06. The quantitative estimate of drug-likeness (QED) is 0.258. The van der Waals surface area contributed by atoms with Gasteiger partial charge < -0.3 is 27.8 Å². The lowest BCUT2D eigenvalue weighted by Crippen LogP contribution is -2.38. The van der Waals surface area contributed by atoms with Gasteiger partial charge in [-0.2, -0.15) is 0 Å². The number of unbranched alkanes of at least 4 members (excludes halogenated alkanes) is 1. The first-order chi connectivity index (χ1) is 10.7. The van der Waals surface area contributed by atoms with Crippen LogP contribution in [-0.4, -0.2) is 74.1 Å². The molecule has 7 heteroatoms. The van der Waals surface area contributed by atoms with E-state index in [1.54, 1.807) is 7.11 Å². The minimum absolute atomic E-state index is 0.344. The average Bonchev–Trinajstić information content (AvgIpc) is 3.40. The van der Waals surface area contributed by atoms with Crippen LogP contribution >= 0.6 is 0 Å². The molecule has 2 saturated heterocycles. The first-order valence-electron chi connectivity index (χ1n) is 8.30. The molecule has 0 aliphatic carbocycles. The summed E-state index contributed by atoms with van der Waals surface area (Å²) in [7, 11) is -0.280. The highest BCUT2D eigenvalue weighted by atomic mass is 28.4. The van der Waals surface area contributed by atoms with Gasteiger partial charge in [0, 0.05) is 26.9 Å². The first kappa shape index (κ1) is 18.3. The largest absolute Gasteiger partial charge is 0.398 e. The summed E-state index contributed by atoms with van der Waals surface area (Å²) >= 11 is 0.